The van der Waals surface area contributed by atoms with E-state index >= 15 is 0 Å². The van der Waals surface area contributed by atoms with Crippen LogP contribution in [0.15, 0.2) is 59.4 Å². The Morgan fingerprint density at radius 1 is 1.12 bits per heavy atom. The van der Waals surface area contributed by atoms with Gasteiger partial charge in [0.2, 0.25) is 0 Å². The Morgan fingerprint density at radius 2 is 1.88 bits per heavy atom. The van der Waals surface area contributed by atoms with Crippen LogP contribution in [-0.4, -0.2) is 17.0 Å². The van der Waals surface area contributed by atoms with Crippen molar-refractivity contribution in [2.45, 2.75) is 0 Å². The lowest BCUT2D eigenvalue weighted by atomic mass is 9.98. The van der Waals surface area contributed by atoms with Crippen LogP contribution in [0.3, 0.4) is 0 Å². The predicted molar refractivity (Wildman–Crippen MR) is 95.9 cm³/mol. The summed E-state index contributed by atoms with van der Waals surface area (Å²) in [7, 11) is 1.50. The molecule has 7 nitrogen and oxygen atoms in total. The molecule has 0 saturated heterocycles. The first-order valence-electron chi connectivity index (χ1n) is 7.60. The van der Waals surface area contributed by atoms with Crippen molar-refractivity contribution in [2.75, 3.05) is 7.11 Å². The number of pyridine rings is 1. The van der Waals surface area contributed by atoms with Gasteiger partial charge in [-0.1, -0.05) is 30.3 Å². The van der Waals surface area contributed by atoms with E-state index in [1.165, 1.54) is 25.3 Å². The van der Waals surface area contributed by atoms with Crippen molar-refractivity contribution >= 4 is 5.69 Å². The van der Waals surface area contributed by atoms with Crippen molar-refractivity contribution in [1.82, 2.24) is 4.98 Å². The predicted octanol–water partition coefficient (Wildman–Crippen LogP) is 3.50. The Balaban J connectivity index is 2.27. The fourth-order valence-corrected chi connectivity index (χ4v) is 2.69. The van der Waals surface area contributed by atoms with Gasteiger partial charge in [-0.3, -0.25) is 14.9 Å². The summed E-state index contributed by atoms with van der Waals surface area (Å²) in [5.74, 6) is 0.514. The molecule has 26 heavy (non-hydrogen) atoms. The highest BCUT2D eigenvalue weighted by Gasteiger charge is 2.16. The van der Waals surface area contributed by atoms with Crippen LogP contribution in [0.25, 0.3) is 22.4 Å². The summed E-state index contributed by atoms with van der Waals surface area (Å²) < 4.78 is 5.32. The third-order valence-electron chi connectivity index (χ3n) is 3.91. The molecule has 128 valence electrons. The minimum atomic E-state index is -0.572. The first-order chi connectivity index (χ1) is 12.5. The molecule has 3 rings (SSSR count). The number of nitro benzene ring substituents is 1. The van der Waals surface area contributed by atoms with Gasteiger partial charge in [0.25, 0.3) is 11.2 Å². The normalized spacial score (nSPS) is 10.2. The van der Waals surface area contributed by atoms with Crippen LogP contribution < -0.4 is 10.3 Å². The molecule has 0 spiro atoms. The van der Waals surface area contributed by atoms with Crippen LogP contribution in [0, 0.1) is 21.4 Å². The average molecular weight is 347 g/mol. The topological polar surface area (TPSA) is 109 Å². The number of methoxy groups -OCH3 is 1. The number of hydrogen-bond acceptors (Lipinski definition) is 5. The van der Waals surface area contributed by atoms with Crippen molar-refractivity contribution in [3.63, 3.8) is 0 Å². The van der Waals surface area contributed by atoms with Crippen LogP contribution in [0.5, 0.6) is 5.75 Å². The van der Waals surface area contributed by atoms with E-state index in [1.807, 2.05) is 6.07 Å². The number of hydrogen-bond donors (Lipinski definition) is 1. The Bertz CT molecular complexity index is 1100. The van der Waals surface area contributed by atoms with E-state index in [-0.39, 0.29) is 11.3 Å². The van der Waals surface area contributed by atoms with Gasteiger partial charge in [-0.15, -0.1) is 0 Å². The van der Waals surface area contributed by atoms with Crippen molar-refractivity contribution in [3.8, 4) is 34.2 Å². The molecule has 0 aliphatic heterocycles. The smallest absolute Gasteiger partial charge is 0.270 e. The molecule has 0 saturated carbocycles. The van der Waals surface area contributed by atoms with Gasteiger partial charge in [0.1, 0.15) is 17.4 Å². The molecule has 0 fully saturated rings. The van der Waals surface area contributed by atoms with Gasteiger partial charge in [-0.2, -0.15) is 5.26 Å². The van der Waals surface area contributed by atoms with Gasteiger partial charge in [-0.25, -0.2) is 0 Å². The highest BCUT2D eigenvalue weighted by Crippen LogP contribution is 2.33. The largest absolute Gasteiger partial charge is 0.496 e. The van der Waals surface area contributed by atoms with Gasteiger partial charge >= 0.3 is 0 Å². The van der Waals surface area contributed by atoms with E-state index < -0.39 is 10.5 Å². The first kappa shape index (κ1) is 16.9. The molecule has 3 aromatic rings. The van der Waals surface area contributed by atoms with Crippen LogP contribution in [0.1, 0.15) is 5.56 Å². The van der Waals surface area contributed by atoms with Crippen LogP contribution in [-0.2, 0) is 0 Å². The summed E-state index contributed by atoms with van der Waals surface area (Å²) in [6.45, 7) is 0. The molecular formula is C19H13N3O4. The highest BCUT2D eigenvalue weighted by atomic mass is 16.6. The molecule has 0 aliphatic carbocycles. The zero-order valence-electron chi connectivity index (χ0n) is 13.7. The molecule has 0 atom stereocenters. The second kappa shape index (κ2) is 6.91. The molecule has 1 N–H and O–H groups in total. The van der Waals surface area contributed by atoms with Gasteiger partial charge < -0.3 is 9.72 Å². The van der Waals surface area contributed by atoms with E-state index in [0.717, 1.165) is 0 Å². The lowest BCUT2D eigenvalue weighted by Gasteiger charge is -2.11. The molecule has 2 aromatic carbocycles. The molecule has 0 unspecified atom stereocenters. The first-order valence-corrected chi connectivity index (χ1v) is 7.60. The summed E-state index contributed by atoms with van der Waals surface area (Å²) in [6.07, 6.45) is 0. The van der Waals surface area contributed by atoms with Crippen LogP contribution >= 0.6 is 0 Å². The Labute approximate surface area is 148 Å². The molecule has 0 radical (unpaired) electrons. The molecule has 1 aromatic heterocycles. The minimum Gasteiger partial charge on any atom is -0.496 e. The molecular weight excluding hydrogens is 334 g/mol. The van der Waals surface area contributed by atoms with Gasteiger partial charge in [0.15, 0.2) is 0 Å². The lowest BCUT2D eigenvalue weighted by molar-refractivity contribution is -0.384. The summed E-state index contributed by atoms with van der Waals surface area (Å²) in [4.78, 5) is 25.5. The van der Waals surface area contributed by atoms with Crippen molar-refractivity contribution in [1.29, 1.82) is 5.26 Å². The quantitative estimate of drug-likeness (QED) is 0.574. The van der Waals surface area contributed by atoms with E-state index in [2.05, 4.69) is 4.98 Å². The molecule has 0 amide bonds. The fourth-order valence-electron chi connectivity index (χ4n) is 2.69. The summed E-state index contributed by atoms with van der Waals surface area (Å²) >= 11 is 0. The number of H-pyrrole nitrogens is 1. The Kier molecular flexibility index (Phi) is 4.50. The maximum absolute atomic E-state index is 12.4. The maximum atomic E-state index is 12.4. The number of nitrogens with zero attached hydrogens (tertiary/aromatic N) is 2. The number of para-hydroxylation sites is 1. The van der Waals surface area contributed by atoms with Gasteiger partial charge in [0.05, 0.1) is 12.0 Å². The van der Waals surface area contributed by atoms with Crippen molar-refractivity contribution < 1.29 is 9.66 Å². The monoisotopic (exact) mass is 347 g/mol. The minimum absolute atomic E-state index is 0.0521. The molecule has 0 bridgehead atoms. The standard InChI is InChI=1S/C19H13N3O4/c1-26-18-8-3-2-7-14(18)15-10-17(21-19(23)16(15)11-20)12-5-4-6-13(9-12)22(24)25/h2-10H,1H3,(H,21,23). The van der Waals surface area contributed by atoms with Crippen LogP contribution in [0.2, 0.25) is 0 Å². The van der Waals surface area contributed by atoms with Crippen molar-refractivity contribution in [2.24, 2.45) is 0 Å². The number of nitrogens with one attached hydrogen (secondary N) is 1. The average Bonchev–Trinajstić information content (AvgIpc) is 2.67. The number of rotatable bonds is 4. The van der Waals surface area contributed by atoms with Crippen LogP contribution in [0.4, 0.5) is 5.69 Å². The lowest BCUT2D eigenvalue weighted by Crippen LogP contribution is -2.13. The zero-order chi connectivity index (χ0) is 18.7. The second-order valence-electron chi connectivity index (χ2n) is 5.42. The van der Waals surface area contributed by atoms with E-state index in [9.17, 15) is 20.2 Å². The van der Waals surface area contributed by atoms with Gasteiger partial charge in [-0.05, 0) is 12.1 Å². The third kappa shape index (κ3) is 3.03. The highest BCUT2D eigenvalue weighted by molar-refractivity contribution is 5.79. The molecule has 0 aliphatic rings. The molecule has 1 heterocycles. The van der Waals surface area contributed by atoms with E-state index in [1.54, 1.807) is 36.4 Å². The summed E-state index contributed by atoms with van der Waals surface area (Å²) in [5, 5.41) is 20.4. The zero-order valence-corrected chi connectivity index (χ0v) is 13.7. The van der Waals surface area contributed by atoms with E-state index in [4.69, 9.17) is 4.74 Å². The van der Waals surface area contributed by atoms with E-state index in [0.29, 0.717) is 28.1 Å². The Morgan fingerprint density at radius 3 is 2.58 bits per heavy atom. The number of aromatic nitrogens is 1. The molecule has 7 heteroatoms. The van der Waals surface area contributed by atoms with Gasteiger partial charge in [0, 0.05) is 34.5 Å². The maximum Gasteiger partial charge on any atom is 0.270 e. The Hall–Kier alpha value is -3.92. The number of aromatic amines is 1. The SMILES string of the molecule is COc1ccccc1-c1cc(-c2cccc([N+](=O)[O-])c2)[nH]c(=O)c1C#N. The third-order valence-corrected chi connectivity index (χ3v) is 3.91. The number of benzene rings is 2. The number of nitriles is 1. The second-order valence-corrected chi connectivity index (χ2v) is 5.42. The number of non-ortho nitro benzene ring substituents is 1. The number of ether oxygens (including phenoxy) is 1. The summed E-state index contributed by atoms with van der Waals surface area (Å²) in [5.41, 5.74) is 1.11. The summed E-state index contributed by atoms with van der Waals surface area (Å²) in [6, 6.07) is 16.5. The van der Waals surface area contributed by atoms with Crippen molar-refractivity contribution in [3.05, 3.63) is 80.6 Å². The fraction of sp³-hybridized carbons (Fsp3) is 0.0526. The number of nitro groups is 1.